The highest BCUT2D eigenvalue weighted by Gasteiger charge is 2.01. The lowest BCUT2D eigenvalue weighted by Gasteiger charge is -2.02. The Morgan fingerprint density at radius 2 is 0.735 bits per heavy atom. The van der Waals surface area contributed by atoms with Gasteiger partial charge >= 0.3 is 0 Å². The first-order chi connectivity index (χ1) is 16.5. The highest BCUT2D eigenvalue weighted by atomic mass is 15.1. The van der Waals surface area contributed by atoms with Crippen LogP contribution in [0.15, 0.2) is 105 Å². The maximum Gasteiger partial charge on any atom is 0.0915 e. The Kier molecular flexibility index (Phi) is 7.19. The second-order valence-corrected chi connectivity index (χ2v) is 8.40. The molecular weight excluding hydrogens is 416 g/mol. The molecule has 0 amide bonds. The van der Waals surface area contributed by atoms with Gasteiger partial charge in [0.15, 0.2) is 0 Å². The number of azo groups is 2. The van der Waals surface area contributed by atoms with Crippen molar-refractivity contribution in [1.82, 2.24) is 0 Å². The summed E-state index contributed by atoms with van der Waals surface area (Å²) in [6.07, 6.45) is 4.17. The van der Waals surface area contributed by atoms with Crippen LogP contribution in [0.4, 0.5) is 22.7 Å². The van der Waals surface area contributed by atoms with Crippen LogP contribution in [0.2, 0.25) is 0 Å². The maximum absolute atomic E-state index is 4.44. The molecule has 4 aromatic carbocycles. The molecule has 34 heavy (non-hydrogen) atoms. The van der Waals surface area contributed by atoms with Crippen LogP contribution in [0, 0.1) is 27.7 Å². The highest BCUT2D eigenvalue weighted by molar-refractivity contribution is 5.70. The summed E-state index contributed by atoms with van der Waals surface area (Å²) in [5.74, 6) is 0. The smallest absolute Gasteiger partial charge is 0.0915 e. The minimum absolute atomic E-state index is 0.832. The second kappa shape index (κ2) is 10.6. The Morgan fingerprint density at radius 1 is 0.412 bits per heavy atom. The van der Waals surface area contributed by atoms with Gasteiger partial charge in [-0.3, -0.25) is 0 Å². The van der Waals surface area contributed by atoms with E-state index in [9.17, 15) is 0 Å². The van der Waals surface area contributed by atoms with E-state index in [1.165, 1.54) is 0 Å². The quantitative estimate of drug-likeness (QED) is 0.210. The third-order valence-corrected chi connectivity index (χ3v) is 5.66. The van der Waals surface area contributed by atoms with Crippen molar-refractivity contribution in [2.45, 2.75) is 27.7 Å². The summed E-state index contributed by atoms with van der Waals surface area (Å²) in [7, 11) is 0. The van der Waals surface area contributed by atoms with E-state index in [-0.39, 0.29) is 0 Å². The zero-order chi connectivity index (χ0) is 23.9. The van der Waals surface area contributed by atoms with Gasteiger partial charge in [-0.15, -0.1) is 0 Å². The van der Waals surface area contributed by atoms with E-state index < -0.39 is 0 Å². The van der Waals surface area contributed by atoms with Gasteiger partial charge in [0.25, 0.3) is 0 Å². The molecule has 4 aromatic rings. The summed E-state index contributed by atoms with van der Waals surface area (Å²) in [6, 6.07) is 28.4. The number of hydrogen-bond donors (Lipinski definition) is 0. The summed E-state index contributed by atoms with van der Waals surface area (Å²) < 4.78 is 0. The first-order valence-electron chi connectivity index (χ1n) is 11.3. The molecule has 0 aromatic heterocycles. The molecule has 4 nitrogen and oxygen atoms in total. The Labute approximate surface area is 201 Å². The molecule has 0 saturated carbocycles. The predicted octanol–water partition coefficient (Wildman–Crippen LogP) is 9.92. The lowest BCUT2D eigenvalue weighted by atomic mass is 10.1. The highest BCUT2D eigenvalue weighted by Crippen LogP contribution is 2.27. The van der Waals surface area contributed by atoms with E-state index in [1.807, 2.05) is 60.7 Å². The maximum atomic E-state index is 4.44. The number of benzene rings is 4. The molecule has 0 N–H and O–H groups in total. The molecule has 0 aliphatic heterocycles. The van der Waals surface area contributed by atoms with Gasteiger partial charge in [-0.05, 0) is 85.3 Å². The first kappa shape index (κ1) is 23.0. The van der Waals surface area contributed by atoms with Gasteiger partial charge in [-0.2, -0.15) is 20.5 Å². The molecule has 168 valence electrons. The molecule has 0 radical (unpaired) electrons. The zero-order valence-corrected chi connectivity index (χ0v) is 20.0. The van der Waals surface area contributed by atoms with Crippen molar-refractivity contribution in [3.63, 3.8) is 0 Å². The number of aryl methyl sites for hydroxylation is 4. The van der Waals surface area contributed by atoms with E-state index in [4.69, 9.17) is 0 Å². The van der Waals surface area contributed by atoms with E-state index in [0.29, 0.717) is 0 Å². The van der Waals surface area contributed by atoms with Gasteiger partial charge in [-0.25, -0.2) is 0 Å². The van der Waals surface area contributed by atoms with Crippen LogP contribution in [0.25, 0.3) is 12.2 Å². The Morgan fingerprint density at radius 3 is 1.06 bits per heavy atom. The van der Waals surface area contributed by atoms with Crippen LogP contribution < -0.4 is 0 Å². The van der Waals surface area contributed by atoms with Crippen LogP contribution >= 0.6 is 0 Å². The average Bonchev–Trinajstić information content (AvgIpc) is 2.83. The normalized spacial score (nSPS) is 11.8. The molecule has 4 rings (SSSR count). The van der Waals surface area contributed by atoms with Crippen molar-refractivity contribution in [2.75, 3.05) is 0 Å². The van der Waals surface area contributed by atoms with E-state index >= 15 is 0 Å². The molecule has 0 spiro atoms. The summed E-state index contributed by atoms with van der Waals surface area (Å²) in [4.78, 5) is 0. The van der Waals surface area contributed by atoms with Crippen molar-refractivity contribution in [2.24, 2.45) is 20.5 Å². The van der Waals surface area contributed by atoms with Gasteiger partial charge in [0.05, 0.1) is 22.7 Å². The van der Waals surface area contributed by atoms with Crippen LogP contribution in [-0.4, -0.2) is 0 Å². The summed E-state index contributed by atoms with van der Waals surface area (Å²) in [6.45, 7) is 8.21. The molecule has 0 heterocycles. The van der Waals surface area contributed by atoms with Gasteiger partial charge in [0.1, 0.15) is 0 Å². The molecule has 0 unspecified atom stereocenters. The van der Waals surface area contributed by atoms with E-state index in [2.05, 4.69) is 84.6 Å². The fourth-order valence-electron chi connectivity index (χ4n) is 3.64. The first-order valence-corrected chi connectivity index (χ1v) is 11.3. The molecule has 0 aliphatic carbocycles. The fourth-order valence-corrected chi connectivity index (χ4v) is 3.64. The fraction of sp³-hybridized carbons (Fsp3) is 0.133. The van der Waals surface area contributed by atoms with Gasteiger partial charge in [0, 0.05) is 0 Å². The van der Waals surface area contributed by atoms with Gasteiger partial charge in [-0.1, -0.05) is 72.8 Å². The van der Waals surface area contributed by atoms with Crippen LogP contribution in [-0.2, 0) is 0 Å². The SMILES string of the molecule is Cc1cccc(C)c1N=Nc1ccc(C=Cc2ccc(N=Nc3c(C)cccc3C)cc2)cc1. The average molecular weight is 445 g/mol. The molecule has 0 atom stereocenters. The monoisotopic (exact) mass is 444 g/mol. The molecule has 0 saturated heterocycles. The van der Waals surface area contributed by atoms with Crippen molar-refractivity contribution >= 4 is 34.9 Å². The summed E-state index contributed by atoms with van der Waals surface area (Å²) >= 11 is 0. The third kappa shape index (κ3) is 5.78. The number of nitrogens with zero attached hydrogens (tertiary/aromatic N) is 4. The van der Waals surface area contributed by atoms with Crippen LogP contribution in [0.3, 0.4) is 0 Å². The topological polar surface area (TPSA) is 49.4 Å². The van der Waals surface area contributed by atoms with Gasteiger partial charge in [0.2, 0.25) is 0 Å². The minimum Gasteiger partial charge on any atom is -0.151 e. The van der Waals surface area contributed by atoms with Crippen molar-refractivity contribution in [1.29, 1.82) is 0 Å². The molecular formula is C30H28N4. The zero-order valence-electron chi connectivity index (χ0n) is 20.0. The van der Waals surface area contributed by atoms with Crippen molar-refractivity contribution in [3.05, 3.63) is 118 Å². The second-order valence-electron chi connectivity index (χ2n) is 8.40. The predicted molar refractivity (Wildman–Crippen MR) is 142 cm³/mol. The van der Waals surface area contributed by atoms with Crippen LogP contribution in [0.1, 0.15) is 33.4 Å². The number of rotatable bonds is 6. The summed E-state index contributed by atoms with van der Waals surface area (Å²) in [5.41, 5.74) is 10.2. The number of hydrogen-bond acceptors (Lipinski definition) is 4. The van der Waals surface area contributed by atoms with Crippen molar-refractivity contribution < 1.29 is 0 Å². The Bertz CT molecular complexity index is 1210. The van der Waals surface area contributed by atoms with Gasteiger partial charge < -0.3 is 0 Å². The van der Waals surface area contributed by atoms with Crippen LogP contribution in [0.5, 0.6) is 0 Å². The van der Waals surface area contributed by atoms with E-state index in [0.717, 1.165) is 56.1 Å². The third-order valence-electron chi connectivity index (χ3n) is 5.66. The van der Waals surface area contributed by atoms with E-state index in [1.54, 1.807) is 0 Å². The standard InChI is InChI=1S/C30H28N4/c1-21-7-5-8-22(2)29(21)33-31-27-17-13-25(14-18-27)11-12-26-15-19-28(20-16-26)32-34-30-23(3)9-6-10-24(30)4/h5-20H,1-4H3. The van der Waals surface area contributed by atoms with Crippen molar-refractivity contribution in [3.8, 4) is 0 Å². The molecule has 4 heteroatoms. The lowest BCUT2D eigenvalue weighted by Crippen LogP contribution is -1.78. The Hall–Kier alpha value is -4.18. The summed E-state index contributed by atoms with van der Waals surface area (Å²) in [5, 5.41) is 17.7. The molecule has 0 bridgehead atoms. The largest absolute Gasteiger partial charge is 0.151 e. The Balaban J connectivity index is 1.40. The minimum atomic E-state index is 0.832. The molecule has 0 fully saturated rings. The lowest BCUT2D eigenvalue weighted by molar-refractivity contribution is 1.19. The molecule has 0 aliphatic rings.